The van der Waals surface area contributed by atoms with E-state index in [1.807, 2.05) is 24.3 Å². The molecule has 104 valence electrons. The number of aromatic nitrogens is 1. The van der Waals surface area contributed by atoms with Gasteiger partial charge in [-0.2, -0.15) is 0 Å². The molecule has 0 fully saturated rings. The Morgan fingerprint density at radius 1 is 1.25 bits per heavy atom. The van der Waals surface area contributed by atoms with Crippen molar-refractivity contribution in [1.82, 2.24) is 4.98 Å². The first-order chi connectivity index (χ1) is 9.63. The number of methoxy groups -OCH3 is 2. The molecule has 4 nitrogen and oxygen atoms in total. The van der Waals surface area contributed by atoms with Crippen molar-refractivity contribution in [3.05, 3.63) is 47.1 Å². The Labute approximate surface area is 122 Å². The van der Waals surface area contributed by atoms with E-state index in [1.54, 1.807) is 19.2 Å². The second kappa shape index (κ2) is 6.39. The Hall–Kier alpha value is -2.07. The number of carbonyl (C=O) groups is 1. The van der Waals surface area contributed by atoms with Crippen molar-refractivity contribution in [3.63, 3.8) is 0 Å². The van der Waals surface area contributed by atoms with Gasteiger partial charge >= 0.3 is 5.97 Å². The lowest BCUT2D eigenvalue weighted by molar-refractivity contribution is -0.139. The van der Waals surface area contributed by atoms with Crippen molar-refractivity contribution in [3.8, 4) is 17.0 Å². The summed E-state index contributed by atoms with van der Waals surface area (Å²) < 4.78 is 9.89. The first-order valence-electron chi connectivity index (χ1n) is 6.00. The van der Waals surface area contributed by atoms with Gasteiger partial charge in [0.15, 0.2) is 0 Å². The molecule has 0 N–H and O–H groups in total. The Balaban J connectivity index is 2.47. The molecule has 1 heterocycles. The van der Waals surface area contributed by atoms with Crippen molar-refractivity contribution in [2.45, 2.75) is 6.42 Å². The minimum Gasteiger partial charge on any atom is -0.497 e. The number of halogens is 1. The fourth-order valence-electron chi connectivity index (χ4n) is 1.85. The maximum atomic E-state index is 11.5. The average molecular weight is 292 g/mol. The second-order valence-electron chi connectivity index (χ2n) is 4.13. The van der Waals surface area contributed by atoms with Crippen molar-refractivity contribution < 1.29 is 14.3 Å². The summed E-state index contributed by atoms with van der Waals surface area (Å²) in [5.74, 6) is 0.395. The topological polar surface area (TPSA) is 48.4 Å². The van der Waals surface area contributed by atoms with Gasteiger partial charge in [0, 0.05) is 5.56 Å². The first kappa shape index (κ1) is 14.3. The zero-order valence-electron chi connectivity index (χ0n) is 11.2. The van der Waals surface area contributed by atoms with Crippen molar-refractivity contribution in [2.75, 3.05) is 14.2 Å². The van der Waals surface area contributed by atoms with Gasteiger partial charge in [-0.25, -0.2) is 4.98 Å². The van der Waals surface area contributed by atoms with Crippen LogP contribution in [0, 0.1) is 0 Å². The van der Waals surface area contributed by atoms with E-state index < -0.39 is 0 Å². The highest BCUT2D eigenvalue weighted by Gasteiger charge is 2.12. The minimum absolute atomic E-state index is 0.146. The van der Waals surface area contributed by atoms with Crippen LogP contribution in [0.4, 0.5) is 0 Å². The van der Waals surface area contributed by atoms with Crippen LogP contribution in [-0.2, 0) is 16.0 Å². The molecular formula is C15H14ClNO3. The van der Waals surface area contributed by atoms with E-state index in [-0.39, 0.29) is 12.4 Å². The van der Waals surface area contributed by atoms with Gasteiger partial charge in [-0.15, -0.1) is 0 Å². The number of esters is 1. The zero-order chi connectivity index (χ0) is 14.5. The molecule has 0 bridgehead atoms. The number of nitrogens with zero attached hydrogens (tertiary/aromatic N) is 1. The molecule has 5 heteroatoms. The van der Waals surface area contributed by atoms with E-state index in [2.05, 4.69) is 4.98 Å². The number of rotatable bonds is 4. The second-order valence-corrected chi connectivity index (χ2v) is 4.51. The highest BCUT2D eigenvalue weighted by molar-refractivity contribution is 6.29. The molecule has 0 atom stereocenters. The largest absolute Gasteiger partial charge is 0.497 e. The van der Waals surface area contributed by atoms with Gasteiger partial charge in [0.1, 0.15) is 10.9 Å². The van der Waals surface area contributed by atoms with E-state index in [1.165, 1.54) is 7.11 Å². The molecule has 0 aliphatic heterocycles. The highest BCUT2D eigenvalue weighted by atomic mass is 35.5. The lowest BCUT2D eigenvalue weighted by Gasteiger charge is -2.09. The van der Waals surface area contributed by atoms with Gasteiger partial charge in [-0.05, 0) is 23.8 Å². The van der Waals surface area contributed by atoms with Crippen LogP contribution in [0.2, 0.25) is 5.15 Å². The normalized spacial score (nSPS) is 10.2. The SMILES string of the molecule is COC(=O)Cc1ccc(Cl)nc1-c1cccc(OC)c1. The molecule has 0 saturated carbocycles. The number of carbonyl (C=O) groups excluding carboxylic acids is 1. The van der Waals surface area contributed by atoms with E-state index in [9.17, 15) is 4.79 Å². The number of pyridine rings is 1. The molecule has 20 heavy (non-hydrogen) atoms. The Morgan fingerprint density at radius 3 is 2.75 bits per heavy atom. The molecule has 0 amide bonds. The van der Waals surface area contributed by atoms with E-state index in [0.717, 1.165) is 11.1 Å². The van der Waals surface area contributed by atoms with Gasteiger partial charge in [-0.1, -0.05) is 29.8 Å². The quantitative estimate of drug-likeness (QED) is 0.641. The zero-order valence-corrected chi connectivity index (χ0v) is 12.0. The molecule has 2 rings (SSSR count). The fourth-order valence-corrected chi connectivity index (χ4v) is 2.00. The molecular weight excluding hydrogens is 278 g/mol. The minimum atomic E-state index is -0.321. The monoisotopic (exact) mass is 291 g/mol. The molecule has 0 spiro atoms. The maximum absolute atomic E-state index is 11.5. The highest BCUT2D eigenvalue weighted by Crippen LogP contribution is 2.27. The summed E-state index contributed by atoms with van der Waals surface area (Å²) in [7, 11) is 2.96. The van der Waals surface area contributed by atoms with Crippen molar-refractivity contribution in [1.29, 1.82) is 0 Å². The first-order valence-corrected chi connectivity index (χ1v) is 6.38. The van der Waals surface area contributed by atoms with Gasteiger partial charge in [-0.3, -0.25) is 4.79 Å². The van der Waals surface area contributed by atoms with E-state index in [0.29, 0.717) is 16.6 Å². The van der Waals surface area contributed by atoms with Crippen LogP contribution >= 0.6 is 11.6 Å². The third-order valence-electron chi connectivity index (χ3n) is 2.85. The van der Waals surface area contributed by atoms with Gasteiger partial charge in [0.2, 0.25) is 0 Å². The molecule has 2 aromatic rings. The third-order valence-corrected chi connectivity index (χ3v) is 3.06. The van der Waals surface area contributed by atoms with Gasteiger partial charge in [0.05, 0.1) is 26.3 Å². The van der Waals surface area contributed by atoms with Crippen LogP contribution in [-0.4, -0.2) is 25.2 Å². The fraction of sp³-hybridized carbons (Fsp3) is 0.200. The molecule has 1 aromatic carbocycles. The smallest absolute Gasteiger partial charge is 0.310 e. The summed E-state index contributed by atoms with van der Waals surface area (Å²) in [6.45, 7) is 0. The molecule has 0 radical (unpaired) electrons. The summed E-state index contributed by atoms with van der Waals surface area (Å²) in [5.41, 5.74) is 2.25. The number of hydrogen-bond acceptors (Lipinski definition) is 4. The van der Waals surface area contributed by atoms with Crippen LogP contribution < -0.4 is 4.74 Å². The predicted molar refractivity (Wildman–Crippen MR) is 77.0 cm³/mol. The van der Waals surface area contributed by atoms with Crippen LogP contribution in [0.1, 0.15) is 5.56 Å². The molecule has 1 aromatic heterocycles. The standard InChI is InChI=1S/C15H14ClNO3/c1-19-12-5-3-4-10(8-12)15-11(9-14(18)20-2)6-7-13(16)17-15/h3-8H,9H2,1-2H3. The Morgan fingerprint density at radius 2 is 2.05 bits per heavy atom. The molecule has 0 saturated heterocycles. The summed E-state index contributed by atoms with van der Waals surface area (Å²) in [6, 6.07) is 10.9. The van der Waals surface area contributed by atoms with E-state index in [4.69, 9.17) is 21.1 Å². The third kappa shape index (κ3) is 3.27. The number of benzene rings is 1. The Bertz CT molecular complexity index is 628. The molecule has 0 unspecified atom stereocenters. The predicted octanol–water partition coefficient (Wildman–Crippen LogP) is 3.13. The van der Waals surface area contributed by atoms with Crippen molar-refractivity contribution >= 4 is 17.6 Å². The summed E-state index contributed by atoms with van der Waals surface area (Å²) in [5, 5.41) is 0.372. The lowest BCUT2D eigenvalue weighted by atomic mass is 10.0. The van der Waals surface area contributed by atoms with Gasteiger partial charge < -0.3 is 9.47 Å². The van der Waals surface area contributed by atoms with Crippen molar-refractivity contribution in [2.24, 2.45) is 0 Å². The maximum Gasteiger partial charge on any atom is 0.310 e. The van der Waals surface area contributed by atoms with Crippen LogP contribution in [0.3, 0.4) is 0 Å². The molecule has 0 aliphatic rings. The van der Waals surface area contributed by atoms with E-state index >= 15 is 0 Å². The van der Waals surface area contributed by atoms with Crippen LogP contribution in [0.25, 0.3) is 11.3 Å². The lowest BCUT2D eigenvalue weighted by Crippen LogP contribution is -2.06. The number of ether oxygens (including phenoxy) is 2. The van der Waals surface area contributed by atoms with Crippen LogP contribution in [0.5, 0.6) is 5.75 Å². The van der Waals surface area contributed by atoms with Gasteiger partial charge in [0.25, 0.3) is 0 Å². The average Bonchev–Trinajstić information content (AvgIpc) is 2.49. The number of hydrogen-bond donors (Lipinski definition) is 0. The molecule has 0 aliphatic carbocycles. The van der Waals surface area contributed by atoms with Crippen LogP contribution in [0.15, 0.2) is 36.4 Å². The summed E-state index contributed by atoms with van der Waals surface area (Å²) in [6.07, 6.45) is 0.146. The summed E-state index contributed by atoms with van der Waals surface area (Å²) >= 11 is 5.95. The Kier molecular flexibility index (Phi) is 4.58. The summed E-state index contributed by atoms with van der Waals surface area (Å²) in [4.78, 5) is 15.8.